The van der Waals surface area contributed by atoms with E-state index in [2.05, 4.69) is 9.59 Å². The molecule has 0 fully saturated rings. The van der Waals surface area contributed by atoms with Gasteiger partial charge in [0.2, 0.25) is 0 Å². The predicted octanol–water partition coefficient (Wildman–Crippen LogP) is 1.04. The van der Waals surface area contributed by atoms with E-state index in [0.717, 1.165) is 6.20 Å². The lowest BCUT2D eigenvalue weighted by Crippen LogP contribution is -2.29. The highest BCUT2D eigenvalue weighted by Gasteiger charge is 2.38. The fourth-order valence-electron chi connectivity index (χ4n) is 0.405. The highest BCUT2D eigenvalue weighted by Crippen LogP contribution is 2.18. The molecule has 0 atom stereocenters. The maximum Gasteiger partial charge on any atom is 0.471 e. The van der Waals surface area contributed by atoms with Crippen LogP contribution in [0.15, 0.2) is 6.20 Å². The molecule has 1 aromatic heterocycles. The fraction of sp³-hybridized carbons (Fsp3) is 0.250. The number of hydrogen-bond donors (Lipinski definition) is 1. The van der Waals surface area contributed by atoms with Crippen LogP contribution in [0.25, 0.3) is 0 Å². The lowest BCUT2D eigenvalue weighted by molar-refractivity contribution is -0.167. The number of nitrogens with one attached hydrogen (secondary N) is 1. The van der Waals surface area contributed by atoms with Crippen molar-refractivity contribution in [3.05, 3.63) is 6.20 Å². The van der Waals surface area contributed by atoms with Crippen LogP contribution in [-0.2, 0) is 4.79 Å². The number of amides is 1. The van der Waals surface area contributed by atoms with Crippen LogP contribution >= 0.6 is 11.5 Å². The third kappa shape index (κ3) is 2.16. The molecule has 0 spiro atoms. The van der Waals surface area contributed by atoms with Gasteiger partial charge >= 0.3 is 12.1 Å². The van der Waals surface area contributed by atoms with Crippen molar-refractivity contribution in [2.45, 2.75) is 6.18 Å². The summed E-state index contributed by atoms with van der Waals surface area (Å²) in [5.74, 6) is -2.02. The first-order valence-corrected chi connectivity index (χ1v) is 3.43. The maximum absolute atomic E-state index is 11.6. The lowest BCUT2D eigenvalue weighted by atomic mass is 10.6. The largest absolute Gasteiger partial charge is 0.471 e. The second kappa shape index (κ2) is 3.05. The summed E-state index contributed by atoms with van der Waals surface area (Å²) in [6, 6.07) is 0. The van der Waals surface area contributed by atoms with Crippen molar-refractivity contribution in [3.8, 4) is 0 Å². The predicted molar refractivity (Wildman–Crippen MR) is 34.6 cm³/mol. The highest BCUT2D eigenvalue weighted by atomic mass is 32.1. The van der Waals surface area contributed by atoms with Crippen LogP contribution in [0, 0.1) is 0 Å². The van der Waals surface area contributed by atoms with Crippen molar-refractivity contribution in [2.24, 2.45) is 0 Å². The summed E-state index contributed by atoms with van der Waals surface area (Å²) in [4.78, 5) is 10.2. The summed E-state index contributed by atoms with van der Waals surface area (Å²) in [5, 5.41) is 4.80. The molecule has 0 saturated carbocycles. The molecular weight excluding hydrogens is 195 g/mol. The molecule has 66 valence electrons. The molecule has 1 N–H and O–H groups in total. The van der Waals surface area contributed by atoms with Gasteiger partial charge in [-0.1, -0.05) is 4.49 Å². The zero-order valence-electron chi connectivity index (χ0n) is 5.42. The minimum Gasteiger partial charge on any atom is -0.307 e. The molecule has 1 rings (SSSR count). The first-order chi connectivity index (χ1) is 5.50. The summed E-state index contributed by atoms with van der Waals surface area (Å²) in [6.45, 7) is 0. The van der Waals surface area contributed by atoms with E-state index in [-0.39, 0.29) is 5.00 Å². The lowest BCUT2D eigenvalue weighted by Gasteiger charge is -2.03. The van der Waals surface area contributed by atoms with Crippen LogP contribution in [0.4, 0.5) is 18.2 Å². The van der Waals surface area contributed by atoms with E-state index in [1.54, 1.807) is 5.32 Å². The Morgan fingerprint density at radius 2 is 2.25 bits per heavy atom. The van der Waals surface area contributed by atoms with E-state index in [4.69, 9.17) is 0 Å². The van der Waals surface area contributed by atoms with Gasteiger partial charge in [0.25, 0.3) is 0 Å². The average molecular weight is 197 g/mol. The standard InChI is InChI=1S/C4H2F3N3OS/c5-4(6,7)3(11)9-2-1-8-10-12-2/h1H,(H,9,11). The van der Waals surface area contributed by atoms with Crippen molar-refractivity contribution < 1.29 is 18.0 Å². The molecule has 0 bridgehead atoms. The Hall–Kier alpha value is -1.18. The first-order valence-electron chi connectivity index (χ1n) is 2.65. The van der Waals surface area contributed by atoms with Gasteiger partial charge in [-0.2, -0.15) is 13.2 Å². The van der Waals surface area contributed by atoms with E-state index < -0.39 is 12.1 Å². The first kappa shape index (κ1) is 8.91. The minimum atomic E-state index is -4.87. The second-order valence-corrected chi connectivity index (χ2v) is 2.52. The fourth-order valence-corrected chi connectivity index (χ4v) is 0.820. The molecule has 0 aromatic carbocycles. The van der Waals surface area contributed by atoms with Crippen LogP contribution in [0.2, 0.25) is 0 Å². The SMILES string of the molecule is O=C(Nc1cnns1)C(F)(F)F. The summed E-state index contributed by atoms with van der Waals surface area (Å²) in [5.41, 5.74) is 0. The Morgan fingerprint density at radius 1 is 1.58 bits per heavy atom. The number of aromatic nitrogens is 2. The van der Waals surface area contributed by atoms with E-state index in [1.807, 2.05) is 0 Å². The van der Waals surface area contributed by atoms with Crippen LogP contribution in [0.1, 0.15) is 0 Å². The molecule has 0 aliphatic carbocycles. The number of carbonyl (C=O) groups excluding carboxylic acids is 1. The Balaban J connectivity index is 2.60. The summed E-state index contributed by atoms with van der Waals surface area (Å²) >= 11 is 0.674. The van der Waals surface area contributed by atoms with Gasteiger partial charge in [0.05, 0.1) is 6.20 Å². The second-order valence-electron chi connectivity index (χ2n) is 1.73. The number of carbonyl (C=O) groups is 1. The van der Waals surface area contributed by atoms with Gasteiger partial charge in [-0.05, 0) is 0 Å². The molecule has 1 heterocycles. The third-order valence-corrected chi connectivity index (χ3v) is 1.44. The van der Waals surface area contributed by atoms with Gasteiger partial charge in [0.15, 0.2) is 0 Å². The topological polar surface area (TPSA) is 54.9 Å². The average Bonchev–Trinajstić information content (AvgIpc) is 2.37. The Bertz CT molecular complexity index is 270. The van der Waals surface area contributed by atoms with Gasteiger partial charge in [0, 0.05) is 11.5 Å². The van der Waals surface area contributed by atoms with Crippen molar-refractivity contribution in [1.82, 2.24) is 9.59 Å². The quantitative estimate of drug-likeness (QED) is 0.731. The van der Waals surface area contributed by atoms with E-state index in [1.165, 1.54) is 0 Å². The van der Waals surface area contributed by atoms with Crippen molar-refractivity contribution >= 4 is 22.4 Å². The smallest absolute Gasteiger partial charge is 0.307 e. The summed E-state index contributed by atoms with van der Waals surface area (Å²) in [7, 11) is 0. The monoisotopic (exact) mass is 197 g/mol. The van der Waals surface area contributed by atoms with E-state index in [9.17, 15) is 18.0 Å². The number of nitrogens with zero attached hydrogens (tertiary/aromatic N) is 2. The number of halogens is 3. The molecule has 12 heavy (non-hydrogen) atoms. The Morgan fingerprint density at radius 3 is 2.67 bits per heavy atom. The molecule has 0 saturated heterocycles. The number of hydrogen-bond acceptors (Lipinski definition) is 4. The summed E-state index contributed by atoms with van der Waals surface area (Å²) < 4.78 is 38.0. The zero-order chi connectivity index (χ0) is 9.19. The third-order valence-electron chi connectivity index (χ3n) is 0.855. The van der Waals surface area contributed by atoms with Crippen molar-refractivity contribution in [2.75, 3.05) is 5.32 Å². The van der Waals surface area contributed by atoms with Crippen LogP contribution < -0.4 is 5.32 Å². The minimum absolute atomic E-state index is 0.0303. The van der Waals surface area contributed by atoms with E-state index >= 15 is 0 Å². The molecule has 1 aromatic rings. The van der Waals surface area contributed by atoms with Crippen LogP contribution in [-0.4, -0.2) is 21.7 Å². The number of rotatable bonds is 1. The van der Waals surface area contributed by atoms with Crippen molar-refractivity contribution in [3.63, 3.8) is 0 Å². The molecule has 1 amide bonds. The van der Waals surface area contributed by atoms with Gasteiger partial charge in [0.1, 0.15) is 5.00 Å². The normalized spacial score (nSPS) is 11.2. The molecule has 4 nitrogen and oxygen atoms in total. The summed E-state index contributed by atoms with van der Waals surface area (Å²) in [6.07, 6.45) is -3.84. The maximum atomic E-state index is 11.6. The highest BCUT2D eigenvalue weighted by molar-refractivity contribution is 7.10. The molecule has 0 radical (unpaired) electrons. The van der Waals surface area contributed by atoms with Crippen molar-refractivity contribution in [1.29, 1.82) is 0 Å². The van der Waals surface area contributed by atoms with Crippen LogP contribution in [0.5, 0.6) is 0 Å². The Labute approximate surface area is 68.6 Å². The van der Waals surface area contributed by atoms with Gasteiger partial charge < -0.3 is 5.32 Å². The van der Waals surface area contributed by atoms with E-state index in [0.29, 0.717) is 11.5 Å². The molecule has 8 heteroatoms. The number of anilines is 1. The molecule has 0 aliphatic rings. The van der Waals surface area contributed by atoms with Gasteiger partial charge in [-0.15, -0.1) is 5.10 Å². The zero-order valence-corrected chi connectivity index (χ0v) is 6.24. The van der Waals surface area contributed by atoms with Gasteiger partial charge in [-0.3, -0.25) is 4.79 Å². The number of alkyl halides is 3. The Kier molecular flexibility index (Phi) is 2.27. The molecule has 0 aliphatic heterocycles. The molecular formula is C4H2F3N3OS. The van der Waals surface area contributed by atoms with Gasteiger partial charge in [-0.25, -0.2) is 0 Å². The molecule has 0 unspecified atom stereocenters. The van der Waals surface area contributed by atoms with Crippen LogP contribution in [0.3, 0.4) is 0 Å².